The maximum atomic E-state index is 13.3. The highest BCUT2D eigenvalue weighted by Crippen LogP contribution is 2.33. The molecule has 3 heterocycles. The molecule has 2 aromatic heterocycles. The molecule has 33 heavy (non-hydrogen) atoms. The highest BCUT2D eigenvalue weighted by Gasteiger charge is 2.29. The Balaban J connectivity index is 1.32. The van der Waals surface area contributed by atoms with Crippen LogP contribution in [0.1, 0.15) is 66.4 Å². The van der Waals surface area contributed by atoms with Crippen LogP contribution >= 0.6 is 0 Å². The maximum Gasteiger partial charge on any atom is 0.220 e. The number of nitrogens with zero attached hydrogens (tertiary/aromatic N) is 4. The van der Waals surface area contributed by atoms with E-state index in [-0.39, 0.29) is 17.8 Å². The van der Waals surface area contributed by atoms with E-state index in [2.05, 4.69) is 23.2 Å². The lowest BCUT2D eigenvalue weighted by molar-refractivity contribution is -0.121. The van der Waals surface area contributed by atoms with Gasteiger partial charge in [0, 0.05) is 37.0 Å². The second-order valence-corrected chi connectivity index (χ2v) is 9.60. The van der Waals surface area contributed by atoms with Gasteiger partial charge in [-0.2, -0.15) is 5.10 Å². The maximum absolute atomic E-state index is 13.3. The Hall–Kier alpha value is -2.80. The fraction of sp³-hybridized carbons (Fsp3) is 0.500. The van der Waals surface area contributed by atoms with Gasteiger partial charge in [0.2, 0.25) is 5.91 Å². The molecule has 1 atom stereocenters. The van der Waals surface area contributed by atoms with E-state index in [4.69, 9.17) is 10.1 Å². The molecule has 0 bridgehead atoms. The van der Waals surface area contributed by atoms with Gasteiger partial charge in [-0.25, -0.2) is 13.9 Å². The number of likely N-dealkylation sites (tertiary alicyclic amines) is 1. The summed E-state index contributed by atoms with van der Waals surface area (Å²) in [5, 5.41) is 8.00. The van der Waals surface area contributed by atoms with Crippen LogP contribution in [0.25, 0.3) is 5.65 Å². The number of nitrogens with one attached hydrogen (secondary N) is 1. The quantitative estimate of drug-likeness (QED) is 0.558. The fourth-order valence-electron chi connectivity index (χ4n) is 4.95. The summed E-state index contributed by atoms with van der Waals surface area (Å²) in [6.45, 7) is 6.69. The number of rotatable bonds is 8. The van der Waals surface area contributed by atoms with E-state index < -0.39 is 0 Å². The number of carbonyl (C=O) groups excluding carboxylic acids is 1. The molecule has 5 rings (SSSR count). The smallest absolute Gasteiger partial charge is 0.220 e. The second kappa shape index (κ2) is 9.21. The van der Waals surface area contributed by atoms with E-state index in [1.165, 1.54) is 25.0 Å². The summed E-state index contributed by atoms with van der Waals surface area (Å²) in [6.07, 6.45) is 5.80. The summed E-state index contributed by atoms with van der Waals surface area (Å²) < 4.78 is 15.2. The first kappa shape index (κ1) is 22.0. The third kappa shape index (κ3) is 4.93. The number of benzene rings is 1. The van der Waals surface area contributed by atoms with Crippen molar-refractivity contribution in [3.63, 3.8) is 0 Å². The molecule has 1 saturated carbocycles. The summed E-state index contributed by atoms with van der Waals surface area (Å²) in [5.41, 5.74) is 6.13. The summed E-state index contributed by atoms with van der Waals surface area (Å²) in [4.78, 5) is 19.5. The zero-order valence-electron chi connectivity index (χ0n) is 19.5. The molecule has 7 heteroatoms. The molecule has 1 aliphatic carbocycles. The van der Waals surface area contributed by atoms with Crippen LogP contribution in [0.2, 0.25) is 0 Å². The van der Waals surface area contributed by atoms with Gasteiger partial charge in [-0.1, -0.05) is 12.1 Å². The third-order valence-electron chi connectivity index (χ3n) is 7.07. The lowest BCUT2D eigenvalue weighted by Gasteiger charge is -2.23. The van der Waals surface area contributed by atoms with Gasteiger partial charge in [-0.15, -0.1) is 0 Å². The number of amides is 1. The standard InChI is InChI=1S/C26H32FN5O/c1-17-22(11-12-26(33)28-15-19-5-6-19)18(2)32-25(29-17)14-23(30-32)24-4-3-13-31(24)16-20-7-9-21(27)10-8-20/h7-10,14,19,24H,3-6,11-13,15-16H2,1-2H3,(H,28,33)/t24-/m0/s1. The van der Waals surface area contributed by atoms with Gasteiger partial charge in [-0.05, 0) is 81.7 Å². The number of aromatic nitrogens is 3. The molecule has 0 unspecified atom stereocenters. The molecule has 3 aromatic rings. The van der Waals surface area contributed by atoms with E-state index in [1.807, 2.05) is 23.6 Å². The van der Waals surface area contributed by atoms with Crippen molar-refractivity contribution in [1.29, 1.82) is 0 Å². The van der Waals surface area contributed by atoms with E-state index >= 15 is 0 Å². The average Bonchev–Trinajstić information content (AvgIpc) is 3.35. The van der Waals surface area contributed by atoms with Crippen LogP contribution in [0.4, 0.5) is 4.39 Å². The summed E-state index contributed by atoms with van der Waals surface area (Å²) in [5.74, 6) is 0.602. The van der Waals surface area contributed by atoms with Crippen molar-refractivity contribution in [2.45, 2.75) is 65.0 Å². The van der Waals surface area contributed by atoms with Crippen LogP contribution in [0.5, 0.6) is 0 Å². The highest BCUT2D eigenvalue weighted by molar-refractivity contribution is 5.76. The number of hydrogen-bond acceptors (Lipinski definition) is 4. The zero-order valence-corrected chi connectivity index (χ0v) is 19.5. The lowest BCUT2D eigenvalue weighted by atomic mass is 10.1. The first-order chi connectivity index (χ1) is 16.0. The lowest BCUT2D eigenvalue weighted by Crippen LogP contribution is -2.26. The van der Waals surface area contributed by atoms with E-state index in [0.29, 0.717) is 18.8 Å². The minimum atomic E-state index is -0.204. The summed E-state index contributed by atoms with van der Waals surface area (Å²) >= 11 is 0. The van der Waals surface area contributed by atoms with Crippen molar-refractivity contribution >= 4 is 11.6 Å². The molecule has 1 saturated heterocycles. The van der Waals surface area contributed by atoms with Gasteiger partial charge in [-0.3, -0.25) is 9.69 Å². The van der Waals surface area contributed by atoms with Crippen molar-refractivity contribution in [2.75, 3.05) is 13.1 Å². The predicted molar refractivity (Wildman–Crippen MR) is 125 cm³/mol. The number of halogens is 1. The number of hydrogen-bond donors (Lipinski definition) is 1. The van der Waals surface area contributed by atoms with Gasteiger partial charge >= 0.3 is 0 Å². The van der Waals surface area contributed by atoms with Gasteiger partial charge < -0.3 is 5.32 Å². The molecule has 1 aromatic carbocycles. The van der Waals surface area contributed by atoms with E-state index in [9.17, 15) is 9.18 Å². The molecule has 1 aliphatic heterocycles. The number of aryl methyl sites for hydroxylation is 2. The van der Waals surface area contributed by atoms with E-state index in [0.717, 1.165) is 66.3 Å². The monoisotopic (exact) mass is 449 g/mol. The van der Waals surface area contributed by atoms with Gasteiger partial charge in [0.1, 0.15) is 5.82 Å². The molecular formula is C26H32FN5O. The van der Waals surface area contributed by atoms with Gasteiger partial charge in [0.05, 0.1) is 11.7 Å². The first-order valence-electron chi connectivity index (χ1n) is 12.1. The molecule has 2 fully saturated rings. The molecule has 1 amide bonds. The molecule has 1 N–H and O–H groups in total. The minimum Gasteiger partial charge on any atom is -0.356 e. The van der Waals surface area contributed by atoms with Crippen LogP contribution in [-0.4, -0.2) is 38.5 Å². The molecule has 0 radical (unpaired) electrons. The average molecular weight is 450 g/mol. The van der Waals surface area contributed by atoms with Crippen LogP contribution in [0.3, 0.4) is 0 Å². The Kier molecular flexibility index (Phi) is 6.15. The van der Waals surface area contributed by atoms with E-state index in [1.54, 1.807) is 0 Å². The topological polar surface area (TPSA) is 62.5 Å². The predicted octanol–water partition coefficient (Wildman–Crippen LogP) is 4.28. The summed E-state index contributed by atoms with van der Waals surface area (Å²) in [6, 6.07) is 9.09. The Morgan fingerprint density at radius 2 is 1.97 bits per heavy atom. The van der Waals surface area contributed by atoms with Gasteiger partial charge in [0.15, 0.2) is 5.65 Å². The van der Waals surface area contributed by atoms with Crippen LogP contribution in [0, 0.1) is 25.6 Å². The van der Waals surface area contributed by atoms with Crippen molar-refractivity contribution < 1.29 is 9.18 Å². The zero-order chi connectivity index (χ0) is 22.9. The largest absolute Gasteiger partial charge is 0.356 e. The molecule has 6 nitrogen and oxygen atoms in total. The first-order valence-corrected chi connectivity index (χ1v) is 12.1. The highest BCUT2D eigenvalue weighted by atomic mass is 19.1. The van der Waals surface area contributed by atoms with Crippen molar-refractivity contribution in [2.24, 2.45) is 5.92 Å². The fourth-order valence-corrected chi connectivity index (χ4v) is 4.95. The SMILES string of the molecule is Cc1nc2cc([C@@H]3CCCN3Cc3ccc(F)cc3)nn2c(C)c1CCC(=O)NCC1CC1. The van der Waals surface area contributed by atoms with Crippen molar-refractivity contribution in [1.82, 2.24) is 24.8 Å². The van der Waals surface area contributed by atoms with Crippen LogP contribution in [0.15, 0.2) is 30.3 Å². The third-order valence-corrected chi connectivity index (χ3v) is 7.07. The van der Waals surface area contributed by atoms with Crippen LogP contribution < -0.4 is 5.32 Å². The van der Waals surface area contributed by atoms with Crippen LogP contribution in [-0.2, 0) is 17.8 Å². The second-order valence-electron chi connectivity index (χ2n) is 9.60. The minimum absolute atomic E-state index is 0.115. The van der Waals surface area contributed by atoms with Crippen molar-refractivity contribution in [3.05, 3.63) is 64.4 Å². The Morgan fingerprint density at radius 3 is 2.73 bits per heavy atom. The number of carbonyl (C=O) groups is 1. The van der Waals surface area contributed by atoms with Gasteiger partial charge in [0.25, 0.3) is 0 Å². The Morgan fingerprint density at radius 1 is 1.18 bits per heavy atom. The molecule has 0 spiro atoms. The Bertz CT molecular complexity index is 1150. The molecule has 2 aliphatic rings. The normalized spacial score (nSPS) is 18.8. The molecule has 174 valence electrons. The van der Waals surface area contributed by atoms with Crippen molar-refractivity contribution in [3.8, 4) is 0 Å². The summed E-state index contributed by atoms with van der Waals surface area (Å²) in [7, 11) is 0. The molecular weight excluding hydrogens is 417 g/mol. The Labute approximate surface area is 194 Å². The number of fused-ring (bicyclic) bond motifs is 1.